The van der Waals surface area contributed by atoms with Crippen LogP contribution in [0, 0.1) is 5.82 Å². The maximum absolute atomic E-state index is 13.0. The fourth-order valence-electron chi connectivity index (χ4n) is 2.38. The molecule has 130 valence electrons. The van der Waals surface area contributed by atoms with Gasteiger partial charge < -0.3 is 10.6 Å². The largest absolute Gasteiger partial charge is 0.347 e. The van der Waals surface area contributed by atoms with E-state index in [-0.39, 0.29) is 36.5 Å². The molecule has 1 aliphatic heterocycles. The summed E-state index contributed by atoms with van der Waals surface area (Å²) in [5.74, 6) is -0.506. The van der Waals surface area contributed by atoms with E-state index in [4.69, 9.17) is 0 Å². The van der Waals surface area contributed by atoms with Gasteiger partial charge in [-0.3, -0.25) is 9.36 Å². The highest BCUT2D eigenvalue weighted by Crippen LogP contribution is 2.12. The van der Waals surface area contributed by atoms with Gasteiger partial charge in [-0.2, -0.15) is 0 Å². The fourth-order valence-corrected chi connectivity index (χ4v) is 2.38. The molecule has 2 aromatic rings. The van der Waals surface area contributed by atoms with Crippen LogP contribution in [0.5, 0.6) is 0 Å². The van der Waals surface area contributed by atoms with Gasteiger partial charge in [-0.25, -0.2) is 9.37 Å². The summed E-state index contributed by atoms with van der Waals surface area (Å²) in [5.41, 5.74) is 2.35. The number of rotatable bonds is 4. The van der Waals surface area contributed by atoms with Crippen molar-refractivity contribution in [3.63, 3.8) is 0 Å². The Morgan fingerprint density at radius 1 is 1.29 bits per heavy atom. The molecule has 0 fully saturated rings. The molecule has 0 unspecified atom stereocenters. The van der Waals surface area contributed by atoms with Crippen LogP contribution < -0.4 is 10.6 Å². The lowest BCUT2D eigenvalue weighted by molar-refractivity contribution is 0.0950. The number of carbonyl (C=O) groups is 1. The molecular weight excluding hydrogens is 354 g/mol. The first-order chi connectivity index (χ1) is 10.7. The monoisotopic (exact) mass is 372 g/mol. The highest BCUT2D eigenvalue weighted by Gasteiger charge is 2.13. The number of aromatic nitrogens is 2. The second-order valence-corrected chi connectivity index (χ2v) is 5.12. The zero-order valence-corrected chi connectivity index (χ0v) is 14.5. The molecule has 5 nitrogen and oxygen atoms in total. The minimum atomic E-state index is -0.312. The van der Waals surface area contributed by atoms with Crippen LogP contribution >= 0.6 is 24.8 Å². The summed E-state index contributed by atoms with van der Waals surface area (Å²) in [7, 11) is 0. The summed E-state index contributed by atoms with van der Waals surface area (Å²) >= 11 is 0. The van der Waals surface area contributed by atoms with Crippen molar-refractivity contribution in [3.05, 3.63) is 59.9 Å². The van der Waals surface area contributed by atoms with E-state index in [2.05, 4.69) is 21.7 Å². The Balaban J connectivity index is 0.00000144. The Bertz CT molecular complexity index is 700. The van der Waals surface area contributed by atoms with Gasteiger partial charge >= 0.3 is 0 Å². The highest BCUT2D eigenvalue weighted by molar-refractivity contribution is 5.93. The molecule has 0 saturated carbocycles. The Hall–Kier alpha value is -1.89. The second kappa shape index (κ2) is 9.42. The first kappa shape index (κ1) is 20.2. The smallest absolute Gasteiger partial charge is 0.270 e. The molecule has 8 heteroatoms. The van der Waals surface area contributed by atoms with Gasteiger partial charge in [0, 0.05) is 18.8 Å². The maximum Gasteiger partial charge on any atom is 0.270 e. The minimum Gasteiger partial charge on any atom is -0.347 e. The first-order valence-electron chi connectivity index (χ1n) is 7.19. The number of imidazole rings is 1. The molecule has 0 aliphatic carbocycles. The zero-order valence-electron chi connectivity index (χ0n) is 12.9. The quantitative estimate of drug-likeness (QED) is 0.810. The number of hydrogen-bond donors (Lipinski definition) is 2. The average molecular weight is 373 g/mol. The molecule has 1 aromatic heterocycles. The fraction of sp³-hybridized carbons (Fsp3) is 0.250. The van der Waals surface area contributed by atoms with E-state index in [1.54, 1.807) is 23.0 Å². The van der Waals surface area contributed by atoms with Gasteiger partial charge in [-0.1, -0.05) is 11.6 Å². The van der Waals surface area contributed by atoms with Crippen molar-refractivity contribution in [2.75, 3.05) is 19.6 Å². The summed E-state index contributed by atoms with van der Waals surface area (Å²) in [5, 5.41) is 6.14. The maximum atomic E-state index is 13.0. The first-order valence-corrected chi connectivity index (χ1v) is 7.19. The lowest BCUT2D eigenvalue weighted by Crippen LogP contribution is -2.30. The molecule has 0 atom stereocenters. The van der Waals surface area contributed by atoms with Crippen LogP contribution in [0.25, 0.3) is 5.69 Å². The van der Waals surface area contributed by atoms with Crippen LogP contribution in [-0.4, -0.2) is 35.1 Å². The highest BCUT2D eigenvalue weighted by atomic mass is 35.5. The van der Waals surface area contributed by atoms with Gasteiger partial charge in [0.15, 0.2) is 0 Å². The molecule has 1 aliphatic rings. The van der Waals surface area contributed by atoms with Gasteiger partial charge in [0.05, 0.1) is 12.5 Å². The molecule has 1 aromatic carbocycles. The Labute approximate surface area is 152 Å². The van der Waals surface area contributed by atoms with Crippen molar-refractivity contribution in [1.82, 2.24) is 20.2 Å². The molecule has 0 saturated heterocycles. The van der Waals surface area contributed by atoms with Gasteiger partial charge in [-0.15, -0.1) is 24.8 Å². The summed E-state index contributed by atoms with van der Waals surface area (Å²) < 4.78 is 14.6. The third-order valence-corrected chi connectivity index (χ3v) is 3.61. The van der Waals surface area contributed by atoms with E-state index >= 15 is 0 Å². The number of hydrogen-bond acceptors (Lipinski definition) is 3. The lowest BCUT2D eigenvalue weighted by atomic mass is 10.1. The predicted octanol–water partition coefficient (Wildman–Crippen LogP) is 2.50. The van der Waals surface area contributed by atoms with E-state index < -0.39 is 0 Å². The summed E-state index contributed by atoms with van der Waals surface area (Å²) in [6.45, 7) is 2.32. The molecule has 0 spiro atoms. The van der Waals surface area contributed by atoms with Gasteiger partial charge in [0.25, 0.3) is 5.91 Å². The Morgan fingerprint density at radius 2 is 2.04 bits per heavy atom. The van der Waals surface area contributed by atoms with E-state index in [0.717, 1.165) is 19.5 Å². The Morgan fingerprint density at radius 3 is 2.71 bits per heavy atom. The van der Waals surface area contributed by atoms with Crippen molar-refractivity contribution < 1.29 is 9.18 Å². The molecule has 3 rings (SSSR count). The van der Waals surface area contributed by atoms with Crippen LogP contribution in [0.4, 0.5) is 4.39 Å². The van der Waals surface area contributed by atoms with Crippen molar-refractivity contribution >= 4 is 30.7 Å². The standard InChI is InChI=1S/C16H17FN4O.2ClH/c17-13-1-3-14(4-2-13)21-11-19-10-15(21)16(22)20-9-12-5-7-18-8-6-12;;/h1-5,10-11,18H,6-9H2,(H,20,22);2*1H. The van der Waals surface area contributed by atoms with Crippen molar-refractivity contribution in [2.24, 2.45) is 0 Å². The SMILES string of the molecule is Cl.Cl.O=C(NCC1=CCNCC1)c1cncn1-c1ccc(F)cc1. The van der Waals surface area contributed by atoms with Crippen LogP contribution in [0.1, 0.15) is 16.9 Å². The minimum absolute atomic E-state index is 0. The molecule has 24 heavy (non-hydrogen) atoms. The summed E-state index contributed by atoms with van der Waals surface area (Å²) in [6.07, 6.45) is 6.10. The Kier molecular flexibility index (Phi) is 7.91. The van der Waals surface area contributed by atoms with Crippen LogP contribution in [0.2, 0.25) is 0 Å². The summed E-state index contributed by atoms with van der Waals surface area (Å²) in [6, 6.07) is 5.94. The number of nitrogens with zero attached hydrogens (tertiary/aromatic N) is 2. The molecule has 0 bridgehead atoms. The molecule has 2 N–H and O–H groups in total. The van der Waals surface area contributed by atoms with Crippen LogP contribution in [0.3, 0.4) is 0 Å². The van der Waals surface area contributed by atoms with Crippen molar-refractivity contribution in [1.29, 1.82) is 0 Å². The van der Waals surface area contributed by atoms with Crippen LogP contribution in [-0.2, 0) is 0 Å². The second-order valence-electron chi connectivity index (χ2n) is 5.12. The van der Waals surface area contributed by atoms with E-state index in [0.29, 0.717) is 17.9 Å². The van der Waals surface area contributed by atoms with Gasteiger partial charge in [0.2, 0.25) is 0 Å². The van der Waals surface area contributed by atoms with Gasteiger partial charge in [-0.05, 0) is 37.2 Å². The topological polar surface area (TPSA) is 59.0 Å². The summed E-state index contributed by atoms with van der Waals surface area (Å²) in [4.78, 5) is 16.3. The van der Waals surface area contributed by atoms with E-state index in [1.807, 2.05) is 0 Å². The molecule has 1 amide bonds. The predicted molar refractivity (Wildman–Crippen MR) is 95.9 cm³/mol. The average Bonchev–Trinajstić information content (AvgIpc) is 3.04. The third kappa shape index (κ3) is 4.80. The molecule has 2 heterocycles. The lowest BCUT2D eigenvalue weighted by Gasteiger charge is -2.15. The number of amides is 1. The van der Waals surface area contributed by atoms with E-state index in [1.165, 1.54) is 23.9 Å². The van der Waals surface area contributed by atoms with Crippen molar-refractivity contribution in [2.45, 2.75) is 6.42 Å². The number of halogens is 3. The number of benzene rings is 1. The third-order valence-electron chi connectivity index (χ3n) is 3.61. The molecular formula is C16H19Cl2FN4O. The number of nitrogens with one attached hydrogen (secondary N) is 2. The van der Waals surface area contributed by atoms with Crippen LogP contribution in [0.15, 0.2) is 48.4 Å². The van der Waals surface area contributed by atoms with Crippen molar-refractivity contribution in [3.8, 4) is 5.69 Å². The molecule has 0 radical (unpaired) electrons. The van der Waals surface area contributed by atoms with E-state index in [9.17, 15) is 9.18 Å². The zero-order chi connectivity index (χ0) is 15.4. The normalized spacial score (nSPS) is 13.3. The van der Waals surface area contributed by atoms with Gasteiger partial charge in [0.1, 0.15) is 11.5 Å². The number of carbonyl (C=O) groups excluding carboxylic acids is 1.